The molecule has 1 rings (SSSR count). The largest absolute Gasteiger partial charge is 0.384 e. The maximum Gasteiger partial charge on any atom is 0.231 e. The standard InChI is InChI=1S/C12H20N2O3/c1-8(2)11(15)13-10-6-9(14-17-10)12(3,4)7-16-5/h6,8H,7H2,1-5H3,(H,13,15). The molecule has 0 fully saturated rings. The minimum atomic E-state index is -0.237. The van der Waals surface area contributed by atoms with Crippen molar-refractivity contribution >= 4 is 11.8 Å². The van der Waals surface area contributed by atoms with E-state index in [2.05, 4.69) is 10.5 Å². The van der Waals surface area contributed by atoms with Gasteiger partial charge < -0.3 is 9.26 Å². The third kappa shape index (κ3) is 3.56. The van der Waals surface area contributed by atoms with Gasteiger partial charge in [0, 0.05) is 24.5 Å². The number of aromatic nitrogens is 1. The number of ether oxygens (including phenoxy) is 1. The van der Waals surface area contributed by atoms with Crippen LogP contribution in [0.4, 0.5) is 5.88 Å². The van der Waals surface area contributed by atoms with Gasteiger partial charge in [-0.2, -0.15) is 0 Å². The lowest BCUT2D eigenvalue weighted by atomic mass is 9.90. The van der Waals surface area contributed by atoms with Crippen molar-refractivity contribution in [2.75, 3.05) is 19.0 Å². The van der Waals surface area contributed by atoms with Crippen LogP contribution in [0.5, 0.6) is 0 Å². The van der Waals surface area contributed by atoms with Crippen LogP contribution >= 0.6 is 0 Å². The van der Waals surface area contributed by atoms with Crippen molar-refractivity contribution in [3.63, 3.8) is 0 Å². The van der Waals surface area contributed by atoms with E-state index < -0.39 is 0 Å². The number of hydrogen-bond acceptors (Lipinski definition) is 4. The molecule has 1 amide bonds. The molecule has 0 saturated heterocycles. The molecule has 0 aromatic carbocycles. The number of anilines is 1. The van der Waals surface area contributed by atoms with Crippen LogP contribution in [-0.4, -0.2) is 24.8 Å². The highest BCUT2D eigenvalue weighted by Crippen LogP contribution is 2.24. The molecule has 0 aliphatic carbocycles. The van der Waals surface area contributed by atoms with E-state index >= 15 is 0 Å². The Labute approximate surface area is 102 Å². The third-order valence-electron chi connectivity index (χ3n) is 2.48. The lowest BCUT2D eigenvalue weighted by Gasteiger charge is -2.19. The molecule has 5 heteroatoms. The quantitative estimate of drug-likeness (QED) is 0.856. The number of amides is 1. The van der Waals surface area contributed by atoms with Gasteiger partial charge in [0.25, 0.3) is 0 Å². The third-order valence-corrected chi connectivity index (χ3v) is 2.48. The molecule has 0 aliphatic rings. The van der Waals surface area contributed by atoms with E-state index in [1.807, 2.05) is 27.7 Å². The number of methoxy groups -OCH3 is 1. The molecular formula is C12H20N2O3. The van der Waals surface area contributed by atoms with Crippen LogP contribution < -0.4 is 5.32 Å². The van der Waals surface area contributed by atoms with E-state index in [0.717, 1.165) is 5.69 Å². The van der Waals surface area contributed by atoms with E-state index in [-0.39, 0.29) is 17.2 Å². The molecule has 0 unspecified atom stereocenters. The van der Waals surface area contributed by atoms with Gasteiger partial charge in [0.05, 0.1) is 12.3 Å². The van der Waals surface area contributed by atoms with E-state index in [1.165, 1.54) is 0 Å². The summed E-state index contributed by atoms with van der Waals surface area (Å²) in [6, 6.07) is 1.74. The molecule has 5 nitrogen and oxygen atoms in total. The predicted octanol–water partition coefficient (Wildman–Crippen LogP) is 2.19. The lowest BCUT2D eigenvalue weighted by molar-refractivity contribution is -0.119. The van der Waals surface area contributed by atoms with Crippen LogP contribution in [0.15, 0.2) is 10.6 Å². The van der Waals surface area contributed by atoms with Gasteiger partial charge in [-0.25, -0.2) is 0 Å². The van der Waals surface area contributed by atoms with Crippen LogP contribution in [0.3, 0.4) is 0 Å². The zero-order chi connectivity index (χ0) is 13.1. The first kappa shape index (κ1) is 13.7. The van der Waals surface area contributed by atoms with Crippen molar-refractivity contribution in [1.82, 2.24) is 5.16 Å². The first-order chi connectivity index (χ1) is 7.86. The normalized spacial score (nSPS) is 11.9. The summed E-state index contributed by atoms with van der Waals surface area (Å²) in [6.07, 6.45) is 0. The van der Waals surface area contributed by atoms with E-state index in [4.69, 9.17) is 9.26 Å². The average molecular weight is 240 g/mol. The summed E-state index contributed by atoms with van der Waals surface area (Å²) in [4.78, 5) is 11.5. The zero-order valence-electron chi connectivity index (χ0n) is 11.0. The summed E-state index contributed by atoms with van der Waals surface area (Å²) in [6.45, 7) is 8.19. The second-order valence-corrected chi connectivity index (χ2v) is 5.04. The van der Waals surface area contributed by atoms with Gasteiger partial charge in [-0.3, -0.25) is 10.1 Å². The van der Waals surface area contributed by atoms with Crippen molar-refractivity contribution < 1.29 is 14.1 Å². The highest BCUT2D eigenvalue weighted by molar-refractivity contribution is 5.90. The van der Waals surface area contributed by atoms with E-state index in [1.54, 1.807) is 13.2 Å². The Morgan fingerprint density at radius 3 is 2.76 bits per heavy atom. The van der Waals surface area contributed by atoms with Gasteiger partial charge in [0.2, 0.25) is 11.8 Å². The summed E-state index contributed by atoms with van der Waals surface area (Å²) >= 11 is 0. The first-order valence-electron chi connectivity index (χ1n) is 5.64. The second kappa shape index (κ2) is 5.31. The molecule has 0 aliphatic heterocycles. The Hall–Kier alpha value is -1.36. The maximum atomic E-state index is 11.5. The van der Waals surface area contributed by atoms with Crippen molar-refractivity contribution in [2.24, 2.45) is 5.92 Å². The molecule has 1 heterocycles. The molecule has 0 atom stereocenters. The molecule has 1 aromatic rings. The number of nitrogens with one attached hydrogen (secondary N) is 1. The Bertz CT molecular complexity index is 383. The topological polar surface area (TPSA) is 64.4 Å². The van der Waals surface area contributed by atoms with Gasteiger partial charge in [-0.15, -0.1) is 0 Å². The summed E-state index contributed by atoms with van der Waals surface area (Å²) < 4.78 is 10.2. The predicted molar refractivity (Wildman–Crippen MR) is 64.9 cm³/mol. The van der Waals surface area contributed by atoms with Gasteiger partial charge >= 0.3 is 0 Å². The molecule has 0 saturated carbocycles. The lowest BCUT2D eigenvalue weighted by Crippen LogP contribution is -2.23. The molecule has 0 spiro atoms. The maximum absolute atomic E-state index is 11.5. The highest BCUT2D eigenvalue weighted by Gasteiger charge is 2.25. The summed E-state index contributed by atoms with van der Waals surface area (Å²) in [5, 5.41) is 6.62. The summed E-state index contributed by atoms with van der Waals surface area (Å²) in [7, 11) is 1.64. The zero-order valence-corrected chi connectivity index (χ0v) is 11.0. The van der Waals surface area contributed by atoms with Crippen LogP contribution in [0.2, 0.25) is 0 Å². The number of hydrogen-bond donors (Lipinski definition) is 1. The van der Waals surface area contributed by atoms with Gasteiger partial charge in [0.15, 0.2) is 0 Å². The number of rotatable bonds is 5. The molecule has 1 aromatic heterocycles. The van der Waals surface area contributed by atoms with Gasteiger partial charge in [0.1, 0.15) is 0 Å². The van der Waals surface area contributed by atoms with E-state index in [9.17, 15) is 4.79 Å². The molecule has 0 radical (unpaired) electrons. The van der Waals surface area contributed by atoms with Gasteiger partial charge in [-0.1, -0.05) is 32.9 Å². The Kier molecular flexibility index (Phi) is 4.28. The fourth-order valence-electron chi connectivity index (χ4n) is 1.35. The molecule has 1 N–H and O–H groups in total. The van der Waals surface area contributed by atoms with Crippen LogP contribution in [0.1, 0.15) is 33.4 Å². The number of nitrogens with zero attached hydrogens (tertiary/aromatic N) is 1. The van der Waals surface area contributed by atoms with Crippen LogP contribution in [-0.2, 0) is 14.9 Å². The number of carbonyl (C=O) groups is 1. The van der Waals surface area contributed by atoms with Crippen LogP contribution in [0.25, 0.3) is 0 Å². The summed E-state index contributed by atoms with van der Waals surface area (Å²) in [5.41, 5.74) is 0.525. The fourth-order valence-corrected chi connectivity index (χ4v) is 1.35. The average Bonchev–Trinajstić information content (AvgIpc) is 2.66. The van der Waals surface area contributed by atoms with Crippen molar-refractivity contribution in [3.05, 3.63) is 11.8 Å². The first-order valence-corrected chi connectivity index (χ1v) is 5.64. The van der Waals surface area contributed by atoms with Crippen molar-refractivity contribution in [1.29, 1.82) is 0 Å². The second-order valence-electron chi connectivity index (χ2n) is 5.04. The Balaban J connectivity index is 2.75. The highest BCUT2D eigenvalue weighted by atomic mass is 16.5. The van der Waals surface area contributed by atoms with Crippen molar-refractivity contribution in [2.45, 2.75) is 33.1 Å². The van der Waals surface area contributed by atoms with Crippen molar-refractivity contribution in [3.8, 4) is 0 Å². The summed E-state index contributed by atoms with van der Waals surface area (Å²) in [5.74, 6) is 0.204. The molecule has 0 bridgehead atoms. The number of carbonyl (C=O) groups excluding carboxylic acids is 1. The molecule has 17 heavy (non-hydrogen) atoms. The Morgan fingerprint density at radius 2 is 2.24 bits per heavy atom. The van der Waals surface area contributed by atoms with Gasteiger partial charge in [-0.05, 0) is 0 Å². The minimum absolute atomic E-state index is 0.0859. The van der Waals surface area contributed by atoms with E-state index in [0.29, 0.717) is 12.5 Å². The fraction of sp³-hybridized carbons (Fsp3) is 0.667. The molecule has 96 valence electrons. The minimum Gasteiger partial charge on any atom is -0.384 e. The van der Waals surface area contributed by atoms with Crippen LogP contribution in [0, 0.1) is 5.92 Å². The SMILES string of the molecule is COCC(C)(C)c1cc(NC(=O)C(C)C)on1. The molecular weight excluding hydrogens is 220 g/mol. The smallest absolute Gasteiger partial charge is 0.231 e. The Morgan fingerprint density at radius 1 is 1.59 bits per heavy atom. The monoisotopic (exact) mass is 240 g/mol.